The van der Waals surface area contributed by atoms with Gasteiger partial charge in [-0.05, 0) is 31.2 Å². The van der Waals surface area contributed by atoms with E-state index in [2.05, 4.69) is 4.74 Å². The standard InChI is InChI=1S/C11H9F7O/c1-9(10(13,14)15,11(16,17)18)6-19-8-4-2-7(12)3-5-8/h2-5H,6H2,1H3. The largest absolute Gasteiger partial charge is 0.492 e. The van der Waals surface area contributed by atoms with Crippen molar-refractivity contribution in [2.24, 2.45) is 5.41 Å². The van der Waals surface area contributed by atoms with Gasteiger partial charge < -0.3 is 4.74 Å². The zero-order valence-electron chi connectivity index (χ0n) is 9.57. The molecule has 0 saturated carbocycles. The van der Waals surface area contributed by atoms with E-state index in [1.165, 1.54) is 0 Å². The number of hydrogen-bond acceptors (Lipinski definition) is 1. The third-order valence-corrected chi connectivity index (χ3v) is 2.59. The van der Waals surface area contributed by atoms with E-state index in [1.54, 1.807) is 0 Å². The van der Waals surface area contributed by atoms with Crippen LogP contribution in [0.2, 0.25) is 0 Å². The molecular formula is C11H9F7O. The third kappa shape index (κ3) is 3.30. The van der Waals surface area contributed by atoms with E-state index in [4.69, 9.17) is 0 Å². The Morgan fingerprint density at radius 3 is 1.68 bits per heavy atom. The van der Waals surface area contributed by atoms with Crippen molar-refractivity contribution in [1.29, 1.82) is 0 Å². The fourth-order valence-corrected chi connectivity index (χ4v) is 1.08. The van der Waals surface area contributed by atoms with Crippen LogP contribution < -0.4 is 4.74 Å². The fraction of sp³-hybridized carbons (Fsp3) is 0.455. The minimum Gasteiger partial charge on any atom is -0.492 e. The Hall–Kier alpha value is -1.47. The summed E-state index contributed by atoms with van der Waals surface area (Å²) < 4.78 is 92.0. The van der Waals surface area contributed by atoms with E-state index < -0.39 is 30.2 Å². The average molecular weight is 290 g/mol. The second-order valence-corrected chi connectivity index (χ2v) is 4.07. The lowest BCUT2D eigenvalue weighted by atomic mass is 9.90. The van der Waals surface area contributed by atoms with Crippen molar-refractivity contribution in [3.63, 3.8) is 0 Å². The van der Waals surface area contributed by atoms with Crippen LogP contribution in [0.5, 0.6) is 5.75 Å². The number of rotatable bonds is 3. The van der Waals surface area contributed by atoms with Crippen molar-refractivity contribution < 1.29 is 35.5 Å². The van der Waals surface area contributed by atoms with Crippen LogP contribution in [0.15, 0.2) is 24.3 Å². The maximum atomic E-state index is 12.5. The molecule has 0 aliphatic carbocycles. The fourth-order valence-electron chi connectivity index (χ4n) is 1.08. The molecule has 1 aromatic carbocycles. The molecule has 19 heavy (non-hydrogen) atoms. The number of benzene rings is 1. The summed E-state index contributed by atoms with van der Waals surface area (Å²) in [5.74, 6) is -0.956. The molecule has 1 aromatic rings. The van der Waals surface area contributed by atoms with E-state index >= 15 is 0 Å². The van der Waals surface area contributed by atoms with Crippen LogP contribution in [0.3, 0.4) is 0 Å². The number of halogens is 7. The van der Waals surface area contributed by atoms with Gasteiger partial charge in [-0.2, -0.15) is 26.3 Å². The molecule has 0 aliphatic heterocycles. The minimum absolute atomic E-state index is 0.0104. The zero-order valence-corrected chi connectivity index (χ0v) is 9.57. The van der Waals surface area contributed by atoms with Crippen LogP contribution >= 0.6 is 0 Å². The summed E-state index contributed by atoms with van der Waals surface area (Å²) in [6.45, 7) is -1.62. The molecule has 0 atom stereocenters. The molecule has 0 fully saturated rings. The number of hydrogen-bond donors (Lipinski definition) is 0. The van der Waals surface area contributed by atoms with Gasteiger partial charge in [0.15, 0.2) is 5.41 Å². The predicted molar refractivity (Wildman–Crippen MR) is 52.1 cm³/mol. The topological polar surface area (TPSA) is 9.23 Å². The van der Waals surface area contributed by atoms with Crippen LogP contribution in [-0.4, -0.2) is 19.0 Å². The molecule has 0 bridgehead atoms. The average Bonchev–Trinajstić information content (AvgIpc) is 2.24. The number of ether oxygens (including phenoxy) is 1. The summed E-state index contributed by atoms with van der Waals surface area (Å²) in [5.41, 5.74) is -3.99. The highest BCUT2D eigenvalue weighted by atomic mass is 19.4. The molecule has 0 amide bonds. The van der Waals surface area contributed by atoms with Crippen molar-refractivity contribution in [3.05, 3.63) is 30.1 Å². The molecule has 1 nitrogen and oxygen atoms in total. The van der Waals surface area contributed by atoms with E-state index in [1.807, 2.05) is 0 Å². The smallest absolute Gasteiger partial charge is 0.406 e. The predicted octanol–water partition coefficient (Wildman–Crippen LogP) is 4.34. The molecule has 0 spiro atoms. The van der Waals surface area contributed by atoms with E-state index in [0.29, 0.717) is 0 Å². The Bertz CT molecular complexity index is 404. The van der Waals surface area contributed by atoms with Crippen LogP contribution in [0.25, 0.3) is 0 Å². The van der Waals surface area contributed by atoms with Gasteiger partial charge in [-0.3, -0.25) is 0 Å². The molecular weight excluding hydrogens is 281 g/mol. The summed E-state index contributed by atoms with van der Waals surface area (Å²) in [6.07, 6.45) is -11.0. The first kappa shape index (κ1) is 15.6. The maximum Gasteiger partial charge on any atom is 0.406 e. The Labute approximate surface area is 104 Å². The Kier molecular flexibility index (Phi) is 4.02. The lowest BCUT2D eigenvalue weighted by molar-refractivity contribution is -0.340. The SMILES string of the molecule is CC(COc1ccc(F)cc1)(C(F)(F)F)C(F)(F)F. The molecule has 0 heterocycles. The van der Waals surface area contributed by atoms with Crippen molar-refractivity contribution in [1.82, 2.24) is 0 Å². The van der Waals surface area contributed by atoms with Crippen LogP contribution in [0.4, 0.5) is 30.7 Å². The maximum absolute atomic E-state index is 12.5. The highest BCUT2D eigenvalue weighted by Gasteiger charge is 2.68. The highest BCUT2D eigenvalue weighted by molar-refractivity contribution is 5.22. The van der Waals surface area contributed by atoms with Gasteiger partial charge in [0.2, 0.25) is 0 Å². The molecule has 0 aliphatic rings. The van der Waals surface area contributed by atoms with Gasteiger partial charge in [0.1, 0.15) is 18.2 Å². The van der Waals surface area contributed by atoms with Crippen LogP contribution in [0.1, 0.15) is 6.92 Å². The molecule has 0 N–H and O–H groups in total. The molecule has 0 aromatic heterocycles. The van der Waals surface area contributed by atoms with Gasteiger partial charge in [0, 0.05) is 0 Å². The Morgan fingerprint density at radius 2 is 1.32 bits per heavy atom. The molecule has 0 unspecified atom stereocenters. The van der Waals surface area contributed by atoms with Crippen molar-refractivity contribution in [2.45, 2.75) is 19.3 Å². The second-order valence-electron chi connectivity index (χ2n) is 4.07. The first-order valence-corrected chi connectivity index (χ1v) is 4.99. The van der Waals surface area contributed by atoms with Crippen molar-refractivity contribution in [2.75, 3.05) is 6.61 Å². The molecule has 0 saturated heterocycles. The van der Waals surface area contributed by atoms with Crippen LogP contribution in [0, 0.1) is 11.2 Å². The zero-order chi connectivity index (χ0) is 14.9. The van der Waals surface area contributed by atoms with E-state index in [0.717, 1.165) is 24.3 Å². The highest BCUT2D eigenvalue weighted by Crippen LogP contribution is 2.50. The summed E-state index contributed by atoms with van der Waals surface area (Å²) in [6, 6.07) is 3.63. The van der Waals surface area contributed by atoms with E-state index in [-0.39, 0.29) is 12.7 Å². The normalized spacial score (nSPS) is 13.5. The molecule has 8 heteroatoms. The first-order valence-electron chi connectivity index (χ1n) is 4.99. The lowest BCUT2D eigenvalue weighted by Gasteiger charge is -2.33. The Balaban J connectivity index is 2.89. The summed E-state index contributed by atoms with van der Waals surface area (Å²) in [5, 5.41) is 0. The van der Waals surface area contributed by atoms with Gasteiger partial charge >= 0.3 is 12.4 Å². The van der Waals surface area contributed by atoms with Crippen LogP contribution in [-0.2, 0) is 0 Å². The first-order chi connectivity index (χ1) is 8.47. The van der Waals surface area contributed by atoms with Gasteiger partial charge in [-0.25, -0.2) is 4.39 Å². The van der Waals surface area contributed by atoms with Crippen molar-refractivity contribution in [3.8, 4) is 5.75 Å². The molecule has 1 rings (SSSR count). The summed E-state index contributed by atoms with van der Waals surface area (Å²) >= 11 is 0. The van der Waals surface area contributed by atoms with Gasteiger partial charge in [-0.15, -0.1) is 0 Å². The summed E-state index contributed by atoms with van der Waals surface area (Å²) in [7, 11) is 0. The molecule has 0 radical (unpaired) electrons. The van der Waals surface area contributed by atoms with Gasteiger partial charge in [0.05, 0.1) is 0 Å². The second kappa shape index (κ2) is 4.90. The monoisotopic (exact) mass is 290 g/mol. The minimum atomic E-state index is -5.51. The van der Waals surface area contributed by atoms with Gasteiger partial charge in [-0.1, -0.05) is 0 Å². The quantitative estimate of drug-likeness (QED) is 0.753. The van der Waals surface area contributed by atoms with Gasteiger partial charge in [0.25, 0.3) is 0 Å². The molecule has 108 valence electrons. The van der Waals surface area contributed by atoms with E-state index in [9.17, 15) is 30.7 Å². The number of alkyl halides is 6. The third-order valence-electron chi connectivity index (χ3n) is 2.59. The van der Waals surface area contributed by atoms with Crippen molar-refractivity contribution >= 4 is 0 Å². The lowest BCUT2D eigenvalue weighted by Crippen LogP contribution is -2.51. The summed E-state index contributed by atoms with van der Waals surface area (Å²) in [4.78, 5) is 0. The Morgan fingerprint density at radius 1 is 0.895 bits per heavy atom.